The van der Waals surface area contributed by atoms with Gasteiger partial charge in [-0.2, -0.15) is 0 Å². The van der Waals surface area contributed by atoms with E-state index in [2.05, 4.69) is 87.6 Å². The number of nitrogens with two attached hydrogens (primary N) is 1. The maximum atomic E-state index is 12.2. The predicted molar refractivity (Wildman–Crippen MR) is 199 cm³/mol. The Hall–Kier alpha value is -3.44. The lowest BCUT2D eigenvalue weighted by Gasteiger charge is -2.09. The maximum Gasteiger partial charge on any atom is 0.252 e. The summed E-state index contributed by atoms with van der Waals surface area (Å²) >= 11 is 5.31. The molecule has 6 heteroatoms. The SMILES string of the molecule is CC(C)c1ccc(CCN)cc1.Cc1cc(C)cc(C(=O)Cl)c1.Cc1cc(C)cc(C(=O)NCCc2ccc(C(C)C)cc2)c1.Cl. The Morgan fingerprint density at radius 1 is 0.630 bits per heavy atom. The minimum Gasteiger partial charge on any atom is -0.352 e. The topological polar surface area (TPSA) is 72.2 Å². The van der Waals surface area contributed by atoms with E-state index in [4.69, 9.17) is 17.3 Å². The molecular formula is C40H52Cl2N2O2. The first-order valence-electron chi connectivity index (χ1n) is 15.8. The third kappa shape index (κ3) is 14.8. The van der Waals surface area contributed by atoms with E-state index < -0.39 is 5.24 Å². The van der Waals surface area contributed by atoms with Crippen LogP contribution in [0.5, 0.6) is 0 Å². The highest BCUT2D eigenvalue weighted by molar-refractivity contribution is 6.67. The molecule has 4 nitrogen and oxygen atoms in total. The van der Waals surface area contributed by atoms with Crippen molar-refractivity contribution in [2.45, 2.75) is 80.1 Å². The van der Waals surface area contributed by atoms with Gasteiger partial charge in [-0.3, -0.25) is 9.59 Å². The van der Waals surface area contributed by atoms with E-state index in [1.807, 2.05) is 45.9 Å². The van der Waals surface area contributed by atoms with E-state index in [0.29, 0.717) is 23.9 Å². The van der Waals surface area contributed by atoms with Crippen LogP contribution >= 0.6 is 24.0 Å². The molecule has 0 spiro atoms. The number of halogens is 2. The molecule has 46 heavy (non-hydrogen) atoms. The molecule has 248 valence electrons. The Labute approximate surface area is 288 Å². The van der Waals surface area contributed by atoms with Gasteiger partial charge in [0, 0.05) is 17.7 Å². The van der Waals surface area contributed by atoms with E-state index in [0.717, 1.165) is 47.2 Å². The molecule has 0 heterocycles. The van der Waals surface area contributed by atoms with Crippen LogP contribution in [0.3, 0.4) is 0 Å². The van der Waals surface area contributed by atoms with Crippen LogP contribution in [0.1, 0.15) is 105 Å². The molecule has 4 aromatic rings. The van der Waals surface area contributed by atoms with Crippen molar-refractivity contribution in [1.29, 1.82) is 0 Å². The molecule has 0 aliphatic rings. The van der Waals surface area contributed by atoms with Crippen LogP contribution in [0.2, 0.25) is 0 Å². The molecule has 4 rings (SSSR count). The summed E-state index contributed by atoms with van der Waals surface area (Å²) in [5.74, 6) is 1.18. The second kappa shape index (κ2) is 20.6. The van der Waals surface area contributed by atoms with Crippen LogP contribution in [0.25, 0.3) is 0 Å². The van der Waals surface area contributed by atoms with Gasteiger partial charge < -0.3 is 11.1 Å². The summed E-state index contributed by atoms with van der Waals surface area (Å²) in [6, 6.07) is 28.9. The molecule has 1 amide bonds. The lowest BCUT2D eigenvalue weighted by molar-refractivity contribution is 0.0953. The summed E-state index contributed by atoms with van der Waals surface area (Å²) in [6.07, 6.45) is 1.84. The molecule has 0 aliphatic carbocycles. The molecule has 0 saturated heterocycles. The molecule has 0 unspecified atom stereocenters. The summed E-state index contributed by atoms with van der Waals surface area (Å²) in [6.45, 7) is 18.1. The zero-order chi connectivity index (χ0) is 33.5. The van der Waals surface area contributed by atoms with Gasteiger partial charge in [-0.1, -0.05) is 111 Å². The monoisotopic (exact) mass is 662 g/mol. The van der Waals surface area contributed by atoms with Crippen molar-refractivity contribution < 1.29 is 9.59 Å². The van der Waals surface area contributed by atoms with Crippen molar-refractivity contribution in [2.24, 2.45) is 5.73 Å². The van der Waals surface area contributed by atoms with Crippen molar-refractivity contribution in [3.05, 3.63) is 141 Å². The Balaban J connectivity index is 0.000000374. The van der Waals surface area contributed by atoms with Gasteiger partial charge in [-0.25, -0.2) is 0 Å². The Bertz CT molecular complexity index is 1470. The fraction of sp³-hybridized carbons (Fsp3) is 0.350. The van der Waals surface area contributed by atoms with Gasteiger partial charge in [0.05, 0.1) is 0 Å². The summed E-state index contributed by atoms with van der Waals surface area (Å²) in [7, 11) is 0. The number of rotatable bonds is 9. The lowest BCUT2D eigenvalue weighted by Crippen LogP contribution is -2.25. The first kappa shape index (κ1) is 40.6. The highest BCUT2D eigenvalue weighted by Gasteiger charge is 2.07. The third-order valence-electron chi connectivity index (χ3n) is 7.36. The van der Waals surface area contributed by atoms with Crippen molar-refractivity contribution in [3.63, 3.8) is 0 Å². The minimum absolute atomic E-state index is 0. The molecule has 0 fully saturated rings. The number of carbonyl (C=O) groups is 2. The van der Waals surface area contributed by atoms with Gasteiger partial charge in [0.1, 0.15) is 0 Å². The van der Waals surface area contributed by atoms with Crippen molar-refractivity contribution in [1.82, 2.24) is 5.32 Å². The molecule has 3 N–H and O–H groups in total. The van der Waals surface area contributed by atoms with E-state index in [1.165, 1.54) is 22.3 Å². The van der Waals surface area contributed by atoms with E-state index >= 15 is 0 Å². The number of hydrogen-bond acceptors (Lipinski definition) is 3. The highest BCUT2D eigenvalue weighted by atomic mass is 35.5. The molecule has 0 aliphatic heterocycles. The van der Waals surface area contributed by atoms with Crippen molar-refractivity contribution in [3.8, 4) is 0 Å². The molecule has 0 aromatic heterocycles. The van der Waals surface area contributed by atoms with E-state index in [1.54, 1.807) is 12.1 Å². The van der Waals surface area contributed by atoms with Gasteiger partial charge in [0.2, 0.25) is 0 Å². The molecule has 0 atom stereocenters. The average Bonchev–Trinajstić information content (AvgIpc) is 2.97. The molecule has 0 radical (unpaired) electrons. The van der Waals surface area contributed by atoms with Gasteiger partial charge in [-0.15, -0.1) is 12.4 Å². The van der Waals surface area contributed by atoms with Gasteiger partial charge >= 0.3 is 0 Å². The van der Waals surface area contributed by atoms with Crippen LogP contribution in [0.15, 0.2) is 84.9 Å². The highest BCUT2D eigenvalue weighted by Crippen LogP contribution is 2.16. The first-order valence-corrected chi connectivity index (χ1v) is 16.2. The fourth-order valence-electron chi connectivity index (χ4n) is 4.92. The van der Waals surface area contributed by atoms with Gasteiger partial charge in [0.25, 0.3) is 11.1 Å². The second-order valence-electron chi connectivity index (χ2n) is 12.4. The number of amides is 1. The summed E-state index contributed by atoms with van der Waals surface area (Å²) in [5.41, 5.74) is 16.5. The standard InChI is InChI=1S/C20H25NO.C11H17N.C9H9ClO.ClH/c1-14(2)18-7-5-17(6-8-18)9-10-21-20(22)19-12-15(3)11-16(4)13-19;1-9(2)11-5-3-10(4-6-11)7-8-12;1-6-3-7(2)5-8(4-6)9(10)11;/h5-8,11-14H,9-10H2,1-4H3,(H,21,22);3-6,9H,7-8,12H2,1-2H3;3-5H,1-2H3;1H. The molecule has 0 bridgehead atoms. The molecular weight excluding hydrogens is 611 g/mol. The predicted octanol–water partition coefficient (Wildman–Crippen LogP) is 9.81. The zero-order valence-corrected chi connectivity index (χ0v) is 30.3. The number of hydrogen-bond donors (Lipinski definition) is 2. The van der Waals surface area contributed by atoms with Crippen LogP contribution in [-0.2, 0) is 12.8 Å². The molecule has 0 saturated carbocycles. The molecule has 4 aromatic carbocycles. The van der Waals surface area contributed by atoms with Crippen LogP contribution in [-0.4, -0.2) is 24.2 Å². The zero-order valence-electron chi connectivity index (χ0n) is 28.7. The average molecular weight is 664 g/mol. The summed E-state index contributed by atoms with van der Waals surface area (Å²) in [5, 5.41) is 2.61. The van der Waals surface area contributed by atoms with E-state index in [-0.39, 0.29) is 18.3 Å². The normalized spacial score (nSPS) is 10.3. The quantitative estimate of drug-likeness (QED) is 0.175. The summed E-state index contributed by atoms with van der Waals surface area (Å²) < 4.78 is 0. The van der Waals surface area contributed by atoms with Crippen LogP contribution in [0, 0.1) is 27.7 Å². The Morgan fingerprint density at radius 2 is 1.00 bits per heavy atom. The Kier molecular flexibility index (Phi) is 18.2. The second-order valence-corrected chi connectivity index (χ2v) is 12.7. The van der Waals surface area contributed by atoms with Gasteiger partial charge in [0.15, 0.2) is 0 Å². The lowest BCUT2D eigenvalue weighted by atomic mass is 10.0. The third-order valence-corrected chi connectivity index (χ3v) is 7.58. The number of aryl methyl sites for hydroxylation is 4. The van der Waals surface area contributed by atoms with Crippen LogP contribution in [0.4, 0.5) is 0 Å². The number of benzene rings is 4. The van der Waals surface area contributed by atoms with E-state index in [9.17, 15) is 9.59 Å². The smallest absolute Gasteiger partial charge is 0.252 e. The first-order chi connectivity index (χ1) is 21.3. The Morgan fingerprint density at radius 3 is 1.35 bits per heavy atom. The number of nitrogens with one attached hydrogen (secondary N) is 1. The summed E-state index contributed by atoms with van der Waals surface area (Å²) in [4.78, 5) is 22.9. The van der Waals surface area contributed by atoms with Crippen molar-refractivity contribution in [2.75, 3.05) is 13.1 Å². The number of carbonyl (C=O) groups excluding carboxylic acids is 2. The fourth-order valence-corrected chi connectivity index (χ4v) is 5.03. The van der Waals surface area contributed by atoms with Gasteiger partial charge in [-0.05, 0) is 117 Å². The van der Waals surface area contributed by atoms with Crippen molar-refractivity contribution >= 4 is 35.2 Å². The minimum atomic E-state index is -0.392. The van der Waals surface area contributed by atoms with Crippen LogP contribution < -0.4 is 11.1 Å². The largest absolute Gasteiger partial charge is 0.352 e. The maximum absolute atomic E-state index is 12.2.